The Hall–Kier alpha value is -2.37. The van der Waals surface area contributed by atoms with Crippen LogP contribution in [0.25, 0.3) is 0 Å². The molecule has 1 aromatic heterocycles. The molecular formula is C13H14FN3O2. The molecular weight excluding hydrogens is 249 g/mol. The molecule has 2 aromatic rings. The summed E-state index contributed by atoms with van der Waals surface area (Å²) in [4.78, 5) is 11.6. The number of halogens is 1. The van der Waals surface area contributed by atoms with Crippen LogP contribution in [0.4, 0.5) is 15.9 Å². The Morgan fingerprint density at radius 1 is 1.42 bits per heavy atom. The Labute approximate surface area is 109 Å². The second-order valence-corrected chi connectivity index (χ2v) is 4.03. The van der Waals surface area contributed by atoms with Crippen LogP contribution in [0.1, 0.15) is 12.2 Å². The molecule has 2 rings (SSSR count). The Kier molecular flexibility index (Phi) is 4.12. The summed E-state index contributed by atoms with van der Waals surface area (Å²) in [6.45, 7) is 2.18. The van der Waals surface area contributed by atoms with Crippen LogP contribution in [0.3, 0.4) is 0 Å². The maximum absolute atomic E-state index is 13.3. The van der Waals surface area contributed by atoms with Crippen molar-refractivity contribution in [3.63, 3.8) is 0 Å². The fraction of sp³-hybridized carbons (Fsp3) is 0.231. The summed E-state index contributed by atoms with van der Waals surface area (Å²) in [7, 11) is 0. The first-order valence-corrected chi connectivity index (χ1v) is 5.87. The Balaban J connectivity index is 1.77. The number of nitrogens with one attached hydrogen (secondary N) is 2. The molecule has 0 aliphatic rings. The van der Waals surface area contributed by atoms with Gasteiger partial charge in [0.1, 0.15) is 11.6 Å². The van der Waals surface area contributed by atoms with E-state index < -0.39 is 5.82 Å². The third kappa shape index (κ3) is 3.80. The lowest BCUT2D eigenvalue weighted by atomic mass is 10.3. The fourth-order valence-corrected chi connectivity index (χ4v) is 1.53. The molecule has 19 heavy (non-hydrogen) atoms. The van der Waals surface area contributed by atoms with Crippen LogP contribution < -0.4 is 10.6 Å². The van der Waals surface area contributed by atoms with Crippen LogP contribution in [0.2, 0.25) is 0 Å². The number of carbonyl (C=O) groups excluding carboxylic acids is 1. The van der Waals surface area contributed by atoms with Crippen molar-refractivity contribution in [2.75, 3.05) is 17.2 Å². The molecule has 6 heteroatoms. The Morgan fingerprint density at radius 2 is 2.21 bits per heavy atom. The third-order valence-corrected chi connectivity index (χ3v) is 2.43. The standard InChI is InChI=1S/C13H14FN3O2/c1-9-8-12(17-19-9)15-7-6-13(18)16-11-5-3-2-4-10(11)14/h2-5,8H,6-7H2,1H3,(H,15,17)(H,16,18). The highest BCUT2D eigenvalue weighted by molar-refractivity contribution is 5.91. The van der Waals surface area contributed by atoms with E-state index in [2.05, 4.69) is 15.8 Å². The van der Waals surface area contributed by atoms with Crippen molar-refractivity contribution in [3.05, 3.63) is 41.9 Å². The number of anilines is 2. The molecule has 5 nitrogen and oxygen atoms in total. The predicted molar refractivity (Wildman–Crippen MR) is 69.4 cm³/mol. The number of amides is 1. The van der Waals surface area contributed by atoms with Gasteiger partial charge >= 0.3 is 0 Å². The highest BCUT2D eigenvalue weighted by Crippen LogP contribution is 2.12. The van der Waals surface area contributed by atoms with Gasteiger partial charge in [-0.2, -0.15) is 0 Å². The molecule has 0 fully saturated rings. The van der Waals surface area contributed by atoms with Crippen LogP contribution in [0.15, 0.2) is 34.9 Å². The van der Waals surface area contributed by atoms with Gasteiger partial charge in [0.15, 0.2) is 5.82 Å². The van der Waals surface area contributed by atoms with Gasteiger partial charge in [0.2, 0.25) is 5.91 Å². The second kappa shape index (κ2) is 5.99. The molecule has 0 unspecified atom stereocenters. The molecule has 0 radical (unpaired) electrons. The van der Waals surface area contributed by atoms with Crippen molar-refractivity contribution in [1.82, 2.24) is 5.16 Å². The van der Waals surface area contributed by atoms with E-state index in [1.165, 1.54) is 12.1 Å². The lowest BCUT2D eigenvalue weighted by Crippen LogP contribution is -2.17. The quantitative estimate of drug-likeness (QED) is 0.870. The normalized spacial score (nSPS) is 10.2. The number of rotatable bonds is 5. The van der Waals surface area contributed by atoms with Crippen LogP contribution in [0, 0.1) is 12.7 Å². The average Bonchev–Trinajstić information content (AvgIpc) is 2.78. The van der Waals surface area contributed by atoms with Gasteiger partial charge in [0.05, 0.1) is 5.69 Å². The van der Waals surface area contributed by atoms with Gasteiger partial charge in [-0.05, 0) is 19.1 Å². The lowest BCUT2D eigenvalue weighted by molar-refractivity contribution is -0.116. The number of aryl methyl sites for hydroxylation is 1. The average molecular weight is 263 g/mol. The lowest BCUT2D eigenvalue weighted by Gasteiger charge is -2.06. The summed E-state index contributed by atoms with van der Waals surface area (Å²) < 4.78 is 18.2. The Bertz CT molecular complexity index is 569. The van der Waals surface area contributed by atoms with E-state index in [9.17, 15) is 9.18 Å². The number of nitrogens with zero attached hydrogens (tertiary/aromatic N) is 1. The molecule has 0 aliphatic heterocycles. The van der Waals surface area contributed by atoms with Crippen LogP contribution in [-0.4, -0.2) is 17.6 Å². The molecule has 1 aromatic carbocycles. The number of carbonyl (C=O) groups is 1. The molecule has 0 atom stereocenters. The van der Waals surface area contributed by atoms with Crippen LogP contribution >= 0.6 is 0 Å². The first-order valence-electron chi connectivity index (χ1n) is 5.87. The molecule has 0 bridgehead atoms. The van der Waals surface area contributed by atoms with Crippen molar-refractivity contribution in [3.8, 4) is 0 Å². The van der Waals surface area contributed by atoms with Crippen molar-refractivity contribution < 1.29 is 13.7 Å². The smallest absolute Gasteiger partial charge is 0.226 e. The molecule has 0 saturated carbocycles. The van der Waals surface area contributed by atoms with Gasteiger partial charge in [-0.1, -0.05) is 17.3 Å². The van der Waals surface area contributed by atoms with Crippen LogP contribution in [0.5, 0.6) is 0 Å². The number of benzene rings is 1. The summed E-state index contributed by atoms with van der Waals surface area (Å²) in [6.07, 6.45) is 0.209. The minimum atomic E-state index is -0.448. The summed E-state index contributed by atoms with van der Waals surface area (Å²) in [5, 5.41) is 9.17. The van der Waals surface area contributed by atoms with E-state index in [-0.39, 0.29) is 18.0 Å². The zero-order valence-electron chi connectivity index (χ0n) is 10.4. The van der Waals surface area contributed by atoms with Gasteiger partial charge in [-0.3, -0.25) is 4.79 Å². The first kappa shape index (κ1) is 13.1. The SMILES string of the molecule is Cc1cc(NCCC(=O)Nc2ccccc2F)no1. The van der Waals surface area contributed by atoms with Gasteiger partial charge in [-0.25, -0.2) is 4.39 Å². The highest BCUT2D eigenvalue weighted by atomic mass is 19.1. The number of para-hydroxylation sites is 1. The summed E-state index contributed by atoms with van der Waals surface area (Å²) in [5.74, 6) is 0.559. The van der Waals surface area contributed by atoms with E-state index in [1.807, 2.05) is 0 Å². The Morgan fingerprint density at radius 3 is 2.89 bits per heavy atom. The molecule has 100 valence electrons. The van der Waals surface area contributed by atoms with E-state index in [4.69, 9.17) is 4.52 Å². The van der Waals surface area contributed by atoms with Crippen molar-refractivity contribution in [2.45, 2.75) is 13.3 Å². The maximum atomic E-state index is 13.3. The third-order valence-electron chi connectivity index (χ3n) is 2.43. The zero-order chi connectivity index (χ0) is 13.7. The van der Waals surface area contributed by atoms with Crippen molar-refractivity contribution >= 4 is 17.4 Å². The zero-order valence-corrected chi connectivity index (χ0v) is 10.4. The number of aromatic nitrogens is 1. The maximum Gasteiger partial charge on any atom is 0.226 e. The molecule has 0 spiro atoms. The van der Waals surface area contributed by atoms with Crippen molar-refractivity contribution in [1.29, 1.82) is 0 Å². The molecule has 1 amide bonds. The van der Waals surface area contributed by atoms with Crippen molar-refractivity contribution in [2.24, 2.45) is 0 Å². The summed E-state index contributed by atoms with van der Waals surface area (Å²) in [5.41, 5.74) is 0.185. The largest absolute Gasteiger partial charge is 0.367 e. The van der Waals surface area contributed by atoms with Gasteiger partial charge in [0, 0.05) is 19.0 Å². The van der Waals surface area contributed by atoms with Gasteiger partial charge in [0.25, 0.3) is 0 Å². The summed E-state index contributed by atoms with van der Waals surface area (Å²) >= 11 is 0. The van der Waals surface area contributed by atoms with E-state index in [0.717, 1.165) is 0 Å². The minimum absolute atomic E-state index is 0.185. The molecule has 1 heterocycles. The first-order chi connectivity index (χ1) is 9.15. The monoisotopic (exact) mass is 263 g/mol. The number of hydrogen-bond donors (Lipinski definition) is 2. The predicted octanol–water partition coefficient (Wildman–Crippen LogP) is 2.56. The molecule has 2 N–H and O–H groups in total. The minimum Gasteiger partial charge on any atom is -0.367 e. The van der Waals surface area contributed by atoms with E-state index in [1.54, 1.807) is 25.1 Å². The summed E-state index contributed by atoms with van der Waals surface area (Å²) in [6, 6.07) is 7.77. The molecule has 0 saturated heterocycles. The number of hydrogen-bond acceptors (Lipinski definition) is 4. The van der Waals surface area contributed by atoms with E-state index in [0.29, 0.717) is 18.1 Å². The second-order valence-electron chi connectivity index (χ2n) is 4.03. The van der Waals surface area contributed by atoms with Gasteiger partial charge in [-0.15, -0.1) is 0 Å². The van der Waals surface area contributed by atoms with Crippen LogP contribution in [-0.2, 0) is 4.79 Å². The van der Waals surface area contributed by atoms with Gasteiger partial charge < -0.3 is 15.2 Å². The topological polar surface area (TPSA) is 67.2 Å². The molecule has 0 aliphatic carbocycles. The fourth-order valence-electron chi connectivity index (χ4n) is 1.53. The highest BCUT2D eigenvalue weighted by Gasteiger charge is 2.06. The van der Waals surface area contributed by atoms with E-state index >= 15 is 0 Å².